The molecule has 0 heterocycles. The summed E-state index contributed by atoms with van der Waals surface area (Å²) in [5, 5.41) is 2.75. The van der Waals surface area contributed by atoms with Crippen molar-refractivity contribution in [1.29, 1.82) is 0 Å². The van der Waals surface area contributed by atoms with Gasteiger partial charge in [-0.3, -0.25) is 0 Å². The van der Waals surface area contributed by atoms with Gasteiger partial charge in [-0.1, -0.05) is 12.8 Å². The Balaban J connectivity index is 3.83. The van der Waals surface area contributed by atoms with Crippen molar-refractivity contribution in [2.45, 2.75) is 25.3 Å². The van der Waals surface area contributed by atoms with Crippen LogP contribution in [0.4, 0.5) is 17.6 Å². The van der Waals surface area contributed by atoms with Crippen molar-refractivity contribution in [3.63, 3.8) is 0 Å². The molecule has 0 aliphatic carbocycles. The van der Waals surface area contributed by atoms with E-state index in [1.54, 1.807) is 6.92 Å². The van der Waals surface area contributed by atoms with E-state index in [-0.39, 0.29) is 6.61 Å². The van der Waals surface area contributed by atoms with E-state index in [1.807, 2.05) is 0 Å². The summed E-state index contributed by atoms with van der Waals surface area (Å²) >= 11 is 0. The Morgan fingerprint density at radius 3 is 2.47 bits per heavy atom. The third kappa shape index (κ3) is 5.60. The lowest BCUT2D eigenvalue weighted by Crippen LogP contribution is -2.37. The van der Waals surface area contributed by atoms with Gasteiger partial charge in [0.2, 0.25) is 0 Å². The van der Waals surface area contributed by atoms with Gasteiger partial charge in [0.15, 0.2) is 0 Å². The van der Waals surface area contributed by atoms with Gasteiger partial charge >= 0.3 is 12.3 Å². The van der Waals surface area contributed by atoms with Crippen molar-refractivity contribution in [1.82, 2.24) is 5.32 Å². The quantitative estimate of drug-likeness (QED) is 0.526. The molecule has 0 aromatic rings. The molecule has 0 spiro atoms. The summed E-state index contributed by atoms with van der Waals surface area (Å²) in [7, 11) is 0. The molecular formula is C9H13F4NO. The van der Waals surface area contributed by atoms with Gasteiger partial charge in [-0.15, -0.1) is 6.42 Å². The van der Waals surface area contributed by atoms with Crippen LogP contribution in [0.25, 0.3) is 0 Å². The Kier molecular flexibility index (Phi) is 6.29. The van der Waals surface area contributed by atoms with Crippen LogP contribution in [-0.4, -0.2) is 38.1 Å². The zero-order valence-corrected chi connectivity index (χ0v) is 8.27. The van der Waals surface area contributed by atoms with Crippen LogP contribution in [0, 0.1) is 12.3 Å². The Morgan fingerprint density at radius 1 is 1.47 bits per heavy atom. The number of rotatable bonds is 7. The fraction of sp³-hybridized carbons (Fsp3) is 0.778. The number of ether oxygens (including phenoxy) is 1. The second-order valence-electron chi connectivity index (χ2n) is 2.85. The molecule has 0 rings (SSSR count). The number of terminal acetylenes is 1. The molecule has 0 radical (unpaired) electrons. The van der Waals surface area contributed by atoms with Crippen LogP contribution in [0.15, 0.2) is 0 Å². The van der Waals surface area contributed by atoms with Crippen molar-refractivity contribution >= 4 is 0 Å². The first-order valence-corrected chi connectivity index (χ1v) is 4.37. The summed E-state index contributed by atoms with van der Waals surface area (Å²) in [6.07, 6.45) is 1.32. The molecule has 88 valence electrons. The minimum absolute atomic E-state index is 0.216. The first-order valence-electron chi connectivity index (χ1n) is 4.37. The van der Waals surface area contributed by atoms with Crippen molar-refractivity contribution in [2.75, 3.05) is 19.8 Å². The average molecular weight is 227 g/mol. The van der Waals surface area contributed by atoms with Crippen molar-refractivity contribution in [3.05, 3.63) is 0 Å². The lowest BCUT2D eigenvalue weighted by Gasteiger charge is -2.17. The second kappa shape index (κ2) is 6.64. The van der Waals surface area contributed by atoms with Gasteiger partial charge in [-0.2, -0.15) is 8.78 Å². The molecule has 1 unspecified atom stereocenters. The molecule has 0 amide bonds. The number of nitrogens with one attached hydrogen (secondary N) is 1. The molecule has 0 saturated carbocycles. The summed E-state index contributed by atoms with van der Waals surface area (Å²) in [4.78, 5) is 0. The van der Waals surface area contributed by atoms with Crippen LogP contribution in [0.1, 0.15) is 6.92 Å². The van der Waals surface area contributed by atoms with E-state index in [0.29, 0.717) is 6.54 Å². The Bertz CT molecular complexity index is 215. The van der Waals surface area contributed by atoms with E-state index < -0.39 is 25.0 Å². The van der Waals surface area contributed by atoms with E-state index in [1.165, 1.54) is 0 Å². The predicted molar refractivity (Wildman–Crippen MR) is 48.1 cm³/mol. The number of hydrogen-bond acceptors (Lipinski definition) is 2. The van der Waals surface area contributed by atoms with Gasteiger partial charge in [-0.05, 0) is 6.54 Å². The SMILES string of the molecule is C#CC(COCC(F)(F)C(F)F)NCC. The van der Waals surface area contributed by atoms with Gasteiger partial charge in [0.25, 0.3) is 0 Å². The van der Waals surface area contributed by atoms with E-state index in [2.05, 4.69) is 16.0 Å². The van der Waals surface area contributed by atoms with E-state index in [9.17, 15) is 17.6 Å². The molecule has 0 fully saturated rings. The molecule has 0 aliphatic rings. The minimum Gasteiger partial charge on any atom is -0.372 e. The average Bonchev–Trinajstić information content (AvgIpc) is 2.16. The number of likely N-dealkylation sites (N-methyl/N-ethyl adjacent to an activating group) is 1. The molecule has 0 bridgehead atoms. The number of hydrogen-bond donors (Lipinski definition) is 1. The number of halogens is 4. The highest BCUT2D eigenvalue weighted by Crippen LogP contribution is 2.22. The van der Waals surface area contributed by atoms with Gasteiger partial charge in [0.05, 0.1) is 12.6 Å². The van der Waals surface area contributed by atoms with Crippen molar-refractivity contribution in [2.24, 2.45) is 0 Å². The third-order valence-electron chi connectivity index (χ3n) is 1.55. The molecule has 0 aliphatic heterocycles. The zero-order chi connectivity index (χ0) is 11.9. The Hall–Kier alpha value is -0.800. The first kappa shape index (κ1) is 14.2. The third-order valence-corrected chi connectivity index (χ3v) is 1.55. The van der Waals surface area contributed by atoms with Crippen LogP contribution in [0.2, 0.25) is 0 Å². The molecular weight excluding hydrogens is 214 g/mol. The van der Waals surface area contributed by atoms with Crippen LogP contribution < -0.4 is 5.32 Å². The largest absolute Gasteiger partial charge is 0.372 e. The molecule has 15 heavy (non-hydrogen) atoms. The summed E-state index contributed by atoms with van der Waals surface area (Å²) in [6, 6.07) is -0.538. The zero-order valence-electron chi connectivity index (χ0n) is 8.27. The highest BCUT2D eigenvalue weighted by Gasteiger charge is 2.41. The maximum absolute atomic E-state index is 12.3. The lowest BCUT2D eigenvalue weighted by atomic mass is 10.3. The predicted octanol–water partition coefficient (Wildman–Crippen LogP) is 1.51. The maximum Gasteiger partial charge on any atom is 0.330 e. The fourth-order valence-electron chi connectivity index (χ4n) is 0.788. The Morgan fingerprint density at radius 2 is 2.07 bits per heavy atom. The van der Waals surface area contributed by atoms with E-state index in [4.69, 9.17) is 6.42 Å². The summed E-state index contributed by atoms with van der Waals surface area (Å²) in [5.74, 6) is -1.87. The monoisotopic (exact) mass is 227 g/mol. The molecule has 1 N–H and O–H groups in total. The summed E-state index contributed by atoms with van der Waals surface area (Å²) in [6.45, 7) is 0.780. The van der Waals surface area contributed by atoms with Crippen LogP contribution in [-0.2, 0) is 4.74 Å². The Labute approximate surface area is 86.0 Å². The number of alkyl halides is 4. The maximum atomic E-state index is 12.3. The van der Waals surface area contributed by atoms with Crippen LogP contribution in [0.3, 0.4) is 0 Å². The summed E-state index contributed by atoms with van der Waals surface area (Å²) in [5.41, 5.74) is 0. The highest BCUT2D eigenvalue weighted by atomic mass is 19.3. The molecule has 6 heteroatoms. The van der Waals surface area contributed by atoms with Crippen LogP contribution in [0.5, 0.6) is 0 Å². The summed E-state index contributed by atoms with van der Waals surface area (Å²) < 4.78 is 52.5. The molecule has 2 nitrogen and oxygen atoms in total. The van der Waals surface area contributed by atoms with Gasteiger partial charge in [0.1, 0.15) is 6.61 Å². The first-order chi connectivity index (χ1) is 6.94. The molecule has 0 saturated heterocycles. The van der Waals surface area contributed by atoms with Crippen LogP contribution >= 0.6 is 0 Å². The fourth-order valence-corrected chi connectivity index (χ4v) is 0.788. The van der Waals surface area contributed by atoms with Gasteiger partial charge in [0, 0.05) is 0 Å². The van der Waals surface area contributed by atoms with E-state index in [0.717, 1.165) is 0 Å². The van der Waals surface area contributed by atoms with Crippen molar-refractivity contribution in [3.8, 4) is 12.3 Å². The van der Waals surface area contributed by atoms with E-state index >= 15 is 0 Å². The molecule has 0 aromatic heterocycles. The highest BCUT2D eigenvalue weighted by molar-refractivity contribution is 4.98. The standard InChI is InChI=1S/C9H13F4NO/c1-3-7(14-4-2)5-15-6-9(12,13)8(10)11/h1,7-8,14H,4-6H2,2H3. The smallest absolute Gasteiger partial charge is 0.330 e. The van der Waals surface area contributed by atoms with Gasteiger partial charge in [-0.25, -0.2) is 8.78 Å². The molecule has 1 atom stereocenters. The topological polar surface area (TPSA) is 21.3 Å². The second-order valence-corrected chi connectivity index (χ2v) is 2.85. The van der Waals surface area contributed by atoms with Crippen molar-refractivity contribution < 1.29 is 22.3 Å². The molecule has 0 aromatic carbocycles. The minimum atomic E-state index is -4.12. The normalized spacial score (nSPS) is 13.9. The lowest BCUT2D eigenvalue weighted by molar-refractivity contribution is -0.166. The van der Waals surface area contributed by atoms with Gasteiger partial charge < -0.3 is 10.1 Å².